The van der Waals surface area contributed by atoms with Gasteiger partial charge in [-0.15, -0.1) is 0 Å². The summed E-state index contributed by atoms with van der Waals surface area (Å²) in [4.78, 5) is 30.1. The van der Waals surface area contributed by atoms with Gasteiger partial charge in [-0.05, 0) is 56.2 Å². The molecule has 0 saturated carbocycles. The zero-order valence-corrected chi connectivity index (χ0v) is 16.6. The first kappa shape index (κ1) is 19.4. The SMILES string of the molecule is CCn1c(=O)c(C(=O)Nc2cc(OC)ccc2OC)nc2cc(C)c(C)cc21. The second-order valence-electron chi connectivity index (χ2n) is 6.46. The number of carbonyl (C=O) groups excluding carboxylic acids is 1. The van der Waals surface area contributed by atoms with E-state index in [1.165, 1.54) is 14.2 Å². The highest BCUT2D eigenvalue weighted by Crippen LogP contribution is 2.29. The molecule has 3 aromatic rings. The molecule has 0 aliphatic heterocycles. The van der Waals surface area contributed by atoms with Crippen LogP contribution in [0.5, 0.6) is 11.5 Å². The number of ether oxygens (including phenoxy) is 2. The Labute approximate surface area is 162 Å². The summed E-state index contributed by atoms with van der Waals surface area (Å²) in [6.07, 6.45) is 0. The van der Waals surface area contributed by atoms with Crippen molar-refractivity contribution in [3.63, 3.8) is 0 Å². The Morgan fingerprint density at radius 2 is 1.82 bits per heavy atom. The number of amides is 1. The minimum Gasteiger partial charge on any atom is -0.497 e. The molecule has 28 heavy (non-hydrogen) atoms. The molecule has 0 saturated heterocycles. The number of nitrogens with one attached hydrogen (secondary N) is 1. The highest BCUT2D eigenvalue weighted by molar-refractivity contribution is 6.04. The Bertz CT molecular complexity index is 1120. The van der Waals surface area contributed by atoms with Crippen molar-refractivity contribution in [1.29, 1.82) is 0 Å². The van der Waals surface area contributed by atoms with Gasteiger partial charge in [0.2, 0.25) is 0 Å². The van der Waals surface area contributed by atoms with E-state index in [0.29, 0.717) is 34.8 Å². The number of benzene rings is 2. The van der Waals surface area contributed by atoms with Crippen LogP contribution in [0, 0.1) is 13.8 Å². The third-order valence-corrected chi connectivity index (χ3v) is 4.75. The average Bonchev–Trinajstić information content (AvgIpc) is 2.68. The molecule has 0 unspecified atom stereocenters. The van der Waals surface area contributed by atoms with Crippen molar-refractivity contribution in [2.75, 3.05) is 19.5 Å². The number of aryl methyl sites for hydroxylation is 3. The summed E-state index contributed by atoms with van der Waals surface area (Å²) in [5.74, 6) is 0.413. The number of anilines is 1. The molecule has 1 heterocycles. The number of rotatable bonds is 5. The average molecular weight is 381 g/mol. The van der Waals surface area contributed by atoms with Crippen LogP contribution in [0.2, 0.25) is 0 Å². The number of fused-ring (bicyclic) bond motifs is 1. The molecule has 1 amide bonds. The van der Waals surface area contributed by atoms with Crippen molar-refractivity contribution >= 4 is 22.6 Å². The highest BCUT2D eigenvalue weighted by Gasteiger charge is 2.19. The molecule has 7 nitrogen and oxygen atoms in total. The van der Waals surface area contributed by atoms with Gasteiger partial charge in [-0.2, -0.15) is 0 Å². The normalized spacial score (nSPS) is 10.8. The van der Waals surface area contributed by atoms with Crippen LogP contribution < -0.4 is 20.3 Å². The molecule has 0 radical (unpaired) electrons. The zero-order chi connectivity index (χ0) is 20.4. The zero-order valence-electron chi connectivity index (χ0n) is 16.6. The molecule has 0 bridgehead atoms. The fraction of sp³-hybridized carbons (Fsp3) is 0.286. The van der Waals surface area contributed by atoms with Crippen LogP contribution in [0.25, 0.3) is 11.0 Å². The van der Waals surface area contributed by atoms with Crippen molar-refractivity contribution < 1.29 is 14.3 Å². The van der Waals surface area contributed by atoms with E-state index < -0.39 is 11.5 Å². The predicted octanol–water partition coefficient (Wildman–Crippen LogP) is 3.30. The van der Waals surface area contributed by atoms with E-state index in [1.54, 1.807) is 22.8 Å². The van der Waals surface area contributed by atoms with Crippen molar-refractivity contribution in [2.24, 2.45) is 0 Å². The lowest BCUT2D eigenvalue weighted by Gasteiger charge is -2.14. The first-order chi connectivity index (χ1) is 13.4. The van der Waals surface area contributed by atoms with Gasteiger partial charge >= 0.3 is 0 Å². The van der Waals surface area contributed by atoms with Crippen LogP contribution in [0.15, 0.2) is 35.1 Å². The summed E-state index contributed by atoms with van der Waals surface area (Å²) in [7, 11) is 3.03. The van der Waals surface area contributed by atoms with E-state index in [1.807, 2.05) is 32.9 Å². The van der Waals surface area contributed by atoms with Crippen LogP contribution in [0.3, 0.4) is 0 Å². The number of hydrogen-bond donors (Lipinski definition) is 1. The molecule has 7 heteroatoms. The molecule has 146 valence electrons. The Morgan fingerprint density at radius 3 is 2.46 bits per heavy atom. The maximum atomic E-state index is 12.9. The number of methoxy groups -OCH3 is 2. The molecule has 0 aliphatic rings. The Hall–Kier alpha value is -3.35. The quantitative estimate of drug-likeness (QED) is 0.733. The minimum absolute atomic E-state index is 0.164. The molecule has 0 spiro atoms. The van der Waals surface area contributed by atoms with Gasteiger partial charge in [-0.25, -0.2) is 4.98 Å². The summed E-state index contributed by atoms with van der Waals surface area (Å²) in [6, 6.07) is 8.84. The van der Waals surface area contributed by atoms with E-state index in [4.69, 9.17) is 9.47 Å². The summed E-state index contributed by atoms with van der Waals surface area (Å²) < 4.78 is 12.0. The van der Waals surface area contributed by atoms with Crippen molar-refractivity contribution in [1.82, 2.24) is 9.55 Å². The van der Waals surface area contributed by atoms with Crippen LogP contribution in [-0.4, -0.2) is 29.7 Å². The molecule has 3 rings (SSSR count). The number of aromatic nitrogens is 2. The molecule has 1 aromatic heterocycles. The second-order valence-corrected chi connectivity index (χ2v) is 6.46. The summed E-state index contributed by atoms with van der Waals surface area (Å²) >= 11 is 0. The maximum Gasteiger partial charge on any atom is 0.282 e. The smallest absolute Gasteiger partial charge is 0.282 e. The molecular weight excluding hydrogens is 358 g/mol. The van der Waals surface area contributed by atoms with E-state index >= 15 is 0 Å². The van der Waals surface area contributed by atoms with Crippen molar-refractivity contribution in [3.05, 3.63) is 57.5 Å². The number of hydrogen-bond acceptors (Lipinski definition) is 5. The number of carbonyl (C=O) groups is 1. The van der Waals surface area contributed by atoms with Gasteiger partial charge in [0.15, 0.2) is 5.69 Å². The first-order valence-corrected chi connectivity index (χ1v) is 8.94. The molecule has 0 fully saturated rings. The second kappa shape index (κ2) is 7.72. The number of nitrogens with zero attached hydrogens (tertiary/aromatic N) is 2. The largest absolute Gasteiger partial charge is 0.497 e. The highest BCUT2D eigenvalue weighted by atomic mass is 16.5. The third kappa shape index (κ3) is 3.43. The molecule has 2 aromatic carbocycles. The Kier molecular flexibility index (Phi) is 5.35. The van der Waals surface area contributed by atoms with Crippen molar-refractivity contribution in [2.45, 2.75) is 27.3 Å². The first-order valence-electron chi connectivity index (χ1n) is 8.94. The molecule has 0 aliphatic carbocycles. The molecule has 0 atom stereocenters. The van der Waals surface area contributed by atoms with Crippen LogP contribution >= 0.6 is 0 Å². The van der Waals surface area contributed by atoms with Gasteiger partial charge in [0, 0.05) is 12.6 Å². The lowest BCUT2D eigenvalue weighted by molar-refractivity contribution is 0.102. The van der Waals surface area contributed by atoms with Gasteiger partial charge in [0.1, 0.15) is 11.5 Å². The fourth-order valence-corrected chi connectivity index (χ4v) is 3.05. The lowest BCUT2D eigenvalue weighted by atomic mass is 10.1. The Balaban J connectivity index is 2.11. The monoisotopic (exact) mass is 381 g/mol. The Morgan fingerprint density at radius 1 is 1.11 bits per heavy atom. The predicted molar refractivity (Wildman–Crippen MR) is 109 cm³/mol. The van der Waals surface area contributed by atoms with Gasteiger partial charge < -0.3 is 19.4 Å². The third-order valence-electron chi connectivity index (χ3n) is 4.75. The van der Waals surface area contributed by atoms with E-state index in [9.17, 15) is 9.59 Å². The van der Waals surface area contributed by atoms with E-state index in [0.717, 1.165) is 11.1 Å². The lowest BCUT2D eigenvalue weighted by Crippen LogP contribution is -2.31. The topological polar surface area (TPSA) is 82.5 Å². The summed E-state index contributed by atoms with van der Waals surface area (Å²) in [5.41, 5.74) is 3.23. The summed E-state index contributed by atoms with van der Waals surface area (Å²) in [5, 5.41) is 2.72. The van der Waals surface area contributed by atoms with E-state index in [2.05, 4.69) is 10.3 Å². The van der Waals surface area contributed by atoms with Gasteiger partial charge in [0.25, 0.3) is 11.5 Å². The van der Waals surface area contributed by atoms with Crippen LogP contribution in [0.4, 0.5) is 5.69 Å². The van der Waals surface area contributed by atoms with Crippen LogP contribution in [-0.2, 0) is 6.54 Å². The minimum atomic E-state index is -0.598. The molecular formula is C21H23N3O4. The molecule has 1 N–H and O–H groups in total. The summed E-state index contributed by atoms with van der Waals surface area (Å²) in [6.45, 7) is 6.25. The van der Waals surface area contributed by atoms with Gasteiger partial charge in [0.05, 0.1) is 30.9 Å². The van der Waals surface area contributed by atoms with Crippen LogP contribution in [0.1, 0.15) is 28.5 Å². The standard InChI is InChI=1S/C21H23N3O4/c1-6-24-17-10-13(3)12(2)9-15(17)22-19(21(24)26)20(25)23-16-11-14(27-4)7-8-18(16)28-5/h7-11H,6H2,1-5H3,(H,23,25). The maximum absolute atomic E-state index is 12.9. The van der Waals surface area contributed by atoms with Gasteiger partial charge in [-0.3, -0.25) is 9.59 Å². The fourth-order valence-electron chi connectivity index (χ4n) is 3.05. The van der Waals surface area contributed by atoms with Gasteiger partial charge in [-0.1, -0.05) is 0 Å². The van der Waals surface area contributed by atoms with E-state index in [-0.39, 0.29) is 5.69 Å². The van der Waals surface area contributed by atoms with Crippen molar-refractivity contribution in [3.8, 4) is 11.5 Å².